The molecular formula is C33H58N8O12. The normalized spacial score (nSPS) is 19.4. The number of carbonyl (C=O) groups is 8. The van der Waals surface area contributed by atoms with E-state index < -0.39 is 114 Å². The third-order valence-electron chi connectivity index (χ3n) is 8.65. The first-order valence-corrected chi connectivity index (χ1v) is 17.6. The second kappa shape index (κ2) is 21.3. The summed E-state index contributed by atoms with van der Waals surface area (Å²) in [5, 5.41) is 51.0. The Morgan fingerprint density at radius 2 is 1.23 bits per heavy atom. The molecular weight excluding hydrogens is 700 g/mol. The molecule has 0 aromatic carbocycles. The molecule has 13 N–H and O–H groups in total. The quantitative estimate of drug-likeness (QED) is 0.0531. The summed E-state index contributed by atoms with van der Waals surface area (Å²) in [7, 11) is 0. The second-order valence-electron chi connectivity index (χ2n) is 14.2. The van der Waals surface area contributed by atoms with Crippen molar-refractivity contribution in [1.29, 1.82) is 0 Å². The molecule has 10 atom stereocenters. The molecule has 0 aliphatic carbocycles. The van der Waals surface area contributed by atoms with Crippen molar-refractivity contribution in [2.75, 3.05) is 6.54 Å². The maximum atomic E-state index is 13.7. The first kappa shape index (κ1) is 46.6. The summed E-state index contributed by atoms with van der Waals surface area (Å²) in [4.78, 5) is 104. The highest BCUT2D eigenvalue weighted by Gasteiger charge is 2.41. The molecule has 0 aromatic rings. The minimum absolute atomic E-state index is 0.000432. The topological polar surface area (TPSA) is 333 Å². The minimum Gasteiger partial charge on any atom is -0.480 e. The van der Waals surface area contributed by atoms with Gasteiger partial charge in [0, 0.05) is 13.0 Å². The van der Waals surface area contributed by atoms with Crippen LogP contribution in [0.3, 0.4) is 0 Å². The lowest BCUT2D eigenvalue weighted by molar-refractivity contribution is -0.146. The van der Waals surface area contributed by atoms with Gasteiger partial charge in [-0.2, -0.15) is 0 Å². The molecule has 1 rings (SSSR count). The van der Waals surface area contributed by atoms with E-state index in [0.717, 1.165) is 13.8 Å². The van der Waals surface area contributed by atoms with Crippen molar-refractivity contribution in [3.05, 3.63) is 0 Å². The van der Waals surface area contributed by atoms with Gasteiger partial charge in [0.15, 0.2) is 6.04 Å². The fourth-order valence-corrected chi connectivity index (χ4v) is 5.55. The lowest BCUT2D eigenvalue weighted by Gasteiger charge is -2.32. The Bertz CT molecular complexity index is 1320. The standard InChI is InChI=1S/C33H58N8O12/c1-14(2)13-20(28(47)39-25(17(6)43)31(50)40-26(18(7)44)33(52)53)37-27(46)19(10-11-22(34)45)36-29(48)21-9-8-12-41(21)32(51)24(15(3)4)38-30(49)23(35)16(5)42/h14-21,23-26,42-44H,8-13,35H2,1-7H3,(H2,34,45)(H,36,48)(H,37,46)(H,38,49)(H,39,47)(H,40,50)(H,52,53)/t16-,17-,18-,19+,20+,21+,23+,24+,25+,26+/m1/s1. The molecule has 1 heterocycles. The molecule has 1 aliphatic heterocycles. The third kappa shape index (κ3) is 14.5. The van der Waals surface area contributed by atoms with Crippen LogP contribution < -0.4 is 38.1 Å². The number of likely N-dealkylation sites (tertiary alicyclic amines) is 1. The number of hydrogen-bond donors (Lipinski definition) is 11. The van der Waals surface area contributed by atoms with Gasteiger partial charge < -0.3 is 63.4 Å². The van der Waals surface area contributed by atoms with Crippen LogP contribution in [0, 0.1) is 11.8 Å². The van der Waals surface area contributed by atoms with Crippen LogP contribution in [0.15, 0.2) is 0 Å². The van der Waals surface area contributed by atoms with E-state index in [4.69, 9.17) is 11.5 Å². The summed E-state index contributed by atoms with van der Waals surface area (Å²) in [6.07, 6.45) is -4.29. The van der Waals surface area contributed by atoms with Gasteiger partial charge in [0.1, 0.15) is 36.3 Å². The van der Waals surface area contributed by atoms with E-state index in [0.29, 0.717) is 6.42 Å². The predicted molar refractivity (Wildman–Crippen MR) is 188 cm³/mol. The number of carboxylic acids is 1. The Hall–Kier alpha value is -4.40. The number of aliphatic hydroxyl groups is 3. The van der Waals surface area contributed by atoms with Crippen molar-refractivity contribution in [2.45, 2.75) is 141 Å². The van der Waals surface area contributed by atoms with Crippen LogP contribution in [0.25, 0.3) is 0 Å². The molecule has 1 saturated heterocycles. The van der Waals surface area contributed by atoms with E-state index in [2.05, 4.69) is 26.6 Å². The van der Waals surface area contributed by atoms with Crippen LogP contribution in [-0.2, 0) is 38.4 Å². The highest BCUT2D eigenvalue weighted by atomic mass is 16.4. The minimum atomic E-state index is -1.75. The van der Waals surface area contributed by atoms with E-state index in [1.807, 2.05) is 0 Å². The number of aliphatic carboxylic acids is 1. The van der Waals surface area contributed by atoms with Gasteiger partial charge in [0.2, 0.25) is 41.4 Å². The molecule has 53 heavy (non-hydrogen) atoms. The zero-order chi connectivity index (χ0) is 40.9. The van der Waals surface area contributed by atoms with Gasteiger partial charge in [0.05, 0.1) is 18.3 Å². The van der Waals surface area contributed by atoms with E-state index >= 15 is 0 Å². The van der Waals surface area contributed by atoms with Crippen molar-refractivity contribution in [3.63, 3.8) is 0 Å². The van der Waals surface area contributed by atoms with Gasteiger partial charge in [-0.15, -0.1) is 0 Å². The van der Waals surface area contributed by atoms with Crippen LogP contribution in [0.1, 0.15) is 80.6 Å². The molecule has 302 valence electrons. The Labute approximate surface area is 308 Å². The molecule has 0 radical (unpaired) electrons. The molecule has 0 spiro atoms. The Morgan fingerprint density at radius 1 is 0.698 bits per heavy atom. The molecule has 1 fully saturated rings. The van der Waals surface area contributed by atoms with Crippen LogP contribution in [0.2, 0.25) is 0 Å². The number of nitrogens with one attached hydrogen (secondary N) is 5. The summed E-state index contributed by atoms with van der Waals surface area (Å²) < 4.78 is 0. The number of rotatable bonds is 21. The second-order valence-corrected chi connectivity index (χ2v) is 14.2. The predicted octanol–water partition coefficient (Wildman–Crippen LogP) is -4.08. The average Bonchev–Trinajstić information content (AvgIpc) is 3.54. The number of amides is 7. The first-order chi connectivity index (χ1) is 24.5. The maximum absolute atomic E-state index is 13.7. The van der Waals surface area contributed by atoms with Gasteiger partial charge in [-0.25, -0.2) is 4.79 Å². The SMILES string of the molecule is CC(C)C[C@H](NC(=O)[C@H](CCC(N)=O)NC(=O)[C@@H]1CCCN1C(=O)[C@@H](NC(=O)[C@@H](N)[C@@H](C)O)C(C)C)C(=O)N[C@H](C(=O)N[C@H](C(=O)O)[C@@H](C)O)[C@@H](C)O. The lowest BCUT2D eigenvalue weighted by atomic mass is 10.0. The molecule has 20 nitrogen and oxygen atoms in total. The van der Waals surface area contributed by atoms with Crippen LogP contribution >= 0.6 is 0 Å². The Kier molecular flexibility index (Phi) is 18.8. The summed E-state index contributed by atoms with van der Waals surface area (Å²) in [6, 6.07) is -9.72. The molecule has 20 heteroatoms. The zero-order valence-corrected chi connectivity index (χ0v) is 31.3. The summed E-state index contributed by atoms with van der Waals surface area (Å²) in [5.41, 5.74) is 11.1. The summed E-state index contributed by atoms with van der Waals surface area (Å²) in [6.45, 7) is 10.6. The number of aliphatic hydroxyl groups excluding tert-OH is 3. The van der Waals surface area contributed by atoms with Crippen molar-refractivity contribution in [3.8, 4) is 0 Å². The molecule has 1 aliphatic rings. The third-order valence-corrected chi connectivity index (χ3v) is 8.65. The van der Waals surface area contributed by atoms with E-state index in [1.165, 1.54) is 11.8 Å². The van der Waals surface area contributed by atoms with Gasteiger partial charge >= 0.3 is 5.97 Å². The smallest absolute Gasteiger partial charge is 0.328 e. The van der Waals surface area contributed by atoms with Crippen LogP contribution in [0.5, 0.6) is 0 Å². The fraction of sp³-hybridized carbons (Fsp3) is 0.758. The number of carbonyl (C=O) groups excluding carboxylic acids is 7. The largest absolute Gasteiger partial charge is 0.480 e. The maximum Gasteiger partial charge on any atom is 0.328 e. The van der Waals surface area contributed by atoms with E-state index in [-0.39, 0.29) is 38.1 Å². The lowest BCUT2D eigenvalue weighted by Crippen LogP contribution is -2.62. The first-order valence-electron chi connectivity index (χ1n) is 17.6. The highest BCUT2D eigenvalue weighted by Crippen LogP contribution is 2.21. The molecule has 0 unspecified atom stereocenters. The van der Waals surface area contributed by atoms with Crippen molar-refractivity contribution in [1.82, 2.24) is 31.5 Å². The molecule has 0 bridgehead atoms. The van der Waals surface area contributed by atoms with Crippen molar-refractivity contribution in [2.24, 2.45) is 23.3 Å². The fourth-order valence-electron chi connectivity index (χ4n) is 5.55. The molecule has 0 aromatic heterocycles. The average molecular weight is 759 g/mol. The van der Waals surface area contributed by atoms with E-state index in [1.54, 1.807) is 27.7 Å². The van der Waals surface area contributed by atoms with Crippen LogP contribution in [-0.4, -0.2) is 140 Å². The van der Waals surface area contributed by atoms with Gasteiger partial charge in [-0.3, -0.25) is 33.6 Å². The van der Waals surface area contributed by atoms with Crippen LogP contribution in [0.4, 0.5) is 0 Å². The van der Waals surface area contributed by atoms with E-state index in [9.17, 15) is 58.8 Å². The summed E-state index contributed by atoms with van der Waals surface area (Å²) in [5.74, 6) is -8.10. The van der Waals surface area contributed by atoms with Crippen molar-refractivity contribution >= 4 is 47.3 Å². The number of carboxylic acid groups (broad SMARTS) is 1. The highest BCUT2D eigenvalue weighted by molar-refractivity contribution is 5.97. The number of nitrogens with two attached hydrogens (primary N) is 2. The Morgan fingerprint density at radius 3 is 1.70 bits per heavy atom. The molecule has 0 saturated carbocycles. The van der Waals surface area contributed by atoms with Gasteiger partial charge in [-0.05, 0) is 58.3 Å². The van der Waals surface area contributed by atoms with Crippen molar-refractivity contribution < 1.29 is 58.8 Å². The Balaban J connectivity index is 3.27. The summed E-state index contributed by atoms with van der Waals surface area (Å²) >= 11 is 0. The number of nitrogens with zero attached hydrogens (tertiary/aromatic N) is 1. The zero-order valence-electron chi connectivity index (χ0n) is 31.3. The van der Waals surface area contributed by atoms with Gasteiger partial charge in [-0.1, -0.05) is 27.7 Å². The molecule has 7 amide bonds. The number of primary amides is 1. The monoisotopic (exact) mass is 758 g/mol. The number of hydrogen-bond acceptors (Lipinski definition) is 12. The van der Waals surface area contributed by atoms with Gasteiger partial charge in [0.25, 0.3) is 0 Å².